The molecule has 27 heavy (non-hydrogen) atoms. The molecule has 1 saturated carbocycles. The van der Waals surface area contributed by atoms with E-state index < -0.39 is 0 Å². The van der Waals surface area contributed by atoms with E-state index in [1.807, 2.05) is 24.3 Å². The molecule has 0 bridgehead atoms. The number of carbonyl (C=O) groups is 1. The number of nitrogens with zero attached hydrogens (tertiary/aromatic N) is 2. The average molecular weight is 368 g/mol. The first kappa shape index (κ1) is 19.3. The Morgan fingerprint density at radius 3 is 2.37 bits per heavy atom. The fraction of sp³-hybridized carbons (Fsp3) is 0.476. The van der Waals surface area contributed by atoms with E-state index in [-0.39, 0.29) is 23.5 Å². The van der Waals surface area contributed by atoms with Crippen LogP contribution in [0, 0.1) is 0 Å². The highest BCUT2D eigenvalue weighted by molar-refractivity contribution is 6.03. The maximum Gasteiger partial charge on any atom is 0.274 e. The number of aliphatic hydroxyl groups is 1. The molecule has 3 rings (SSSR count). The lowest BCUT2D eigenvalue weighted by molar-refractivity contribution is 0.102. The first-order valence-corrected chi connectivity index (χ1v) is 9.50. The highest BCUT2D eigenvalue weighted by atomic mass is 16.3. The van der Waals surface area contributed by atoms with Crippen LogP contribution < -0.4 is 10.6 Å². The first-order valence-electron chi connectivity index (χ1n) is 9.50. The number of anilines is 2. The van der Waals surface area contributed by atoms with Crippen LogP contribution in [0.3, 0.4) is 0 Å². The quantitative estimate of drug-likeness (QED) is 0.765. The summed E-state index contributed by atoms with van der Waals surface area (Å²) in [4.78, 5) is 20.8. The normalized spacial score (nSPS) is 20.1. The average Bonchev–Trinajstić information content (AvgIpc) is 2.63. The minimum absolute atomic E-state index is 0.0743. The summed E-state index contributed by atoms with van der Waals surface area (Å²) in [6.45, 7) is 6.47. The topological polar surface area (TPSA) is 87.1 Å². The van der Waals surface area contributed by atoms with E-state index in [9.17, 15) is 9.90 Å². The van der Waals surface area contributed by atoms with Crippen LogP contribution in [0.5, 0.6) is 0 Å². The van der Waals surface area contributed by atoms with Crippen LogP contribution in [0.25, 0.3) is 0 Å². The number of rotatable bonds is 4. The lowest BCUT2D eigenvalue weighted by Crippen LogP contribution is -2.28. The van der Waals surface area contributed by atoms with Crippen molar-refractivity contribution in [1.29, 1.82) is 0 Å². The smallest absolute Gasteiger partial charge is 0.274 e. The first-order chi connectivity index (χ1) is 12.8. The van der Waals surface area contributed by atoms with Crippen LogP contribution in [0.4, 0.5) is 11.5 Å². The second kappa shape index (κ2) is 8.05. The zero-order valence-corrected chi connectivity index (χ0v) is 16.2. The van der Waals surface area contributed by atoms with E-state index >= 15 is 0 Å². The van der Waals surface area contributed by atoms with Crippen LogP contribution >= 0.6 is 0 Å². The third kappa shape index (κ3) is 5.26. The molecule has 0 saturated heterocycles. The molecule has 0 radical (unpaired) electrons. The van der Waals surface area contributed by atoms with Gasteiger partial charge in [-0.2, -0.15) is 0 Å². The molecule has 1 aromatic carbocycles. The van der Waals surface area contributed by atoms with Crippen molar-refractivity contribution in [2.45, 2.75) is 64.0 Å². The number of nitrogens with one attached hydrogen (secondary N) is 2. The number of benzene rings is 1. The molecule has 3 N–H and O–H groups in total. The summed E-state index contributed by atoms with van der Waals surface area (Å²) in [5, 5.41) is 15.8. The van der Waals surface area contributed by atoms with E-state index in [1.165, 1.54) is 11.9 Å². The van der Waals surface area contributed by atoms with Gasteiger partial charge in [0.15, 0.2) is 0 Å². The van der Waals surface area contributed by atoms with Gasteiger partial charge in [0, 0.05) is 17.8 Å². The Bertz CT molecular complexity index is 776. The van der Waals surface area contributed by atoms with E-state index in [0.29, 0.717) is 11.5 Å². The van der Waals surface area contributed by atoms with Gasteiger partial charge in [-0.05, 0) is 48.8 Å². The van der Waals surface area contributed by atoms with Crippen molar-refractivity contribution in [2.24, 2.45) is 0 Å². The number of aliphatic hydroxyl groups excluding tert-OH is 1. The predicted octanol–water partition coefficient (Wildman–Crippen LogP) is 3.74. The Morgan fingerprint density at radius 1 is 1.07 bits per heavy atom. The highest BCUT2D eigenvalue weighted by Gasteiger charge is 2.20. The molecule has 1 heterocycles. The molecular weight excluding hydrogens is 340 g/mol. The standard InChI is InChI=1S/C21H28N4O2/c1-21(2,3)14-4-6-16(7-5-14)25-20(27)18-12-19(23-13-22-18)24-15-8-10-17(26)11-9-15/h4-7,12-13,15,17,26H,8-11H2,1-3H3,(H,25,27)(H,22,23,24). The van der Waals surface area contributed by atoms with Crippen molar-refractivity contribution < 1.29 is 9.90 Å². The summed E-state index contributed by atoms with van der Waals surface area (Å²) < 4.78 is 0. The maximum absolute atomic E-state index is 12.5. The molecule has 6 heteroatoms. The Hall–Kier alpha value is -2.47. The lowest BCUT2D eigenvalue weighted by Gasteiger charge is -2.26. The van der Waals surface area contributed by atoms with Gasteiger partial charge in [-0.3, -0.25) is 4.79 Å². The van der Waals surface area contributed by atoms with Gasteiger partial charge >= 0.3 is 0 Å². The van der Waals surface area contributed by atoms with Crippen LogP contribution in [0.15, 0.2) is 36.7 Å². The van der Waals surface area contributed by atoms with Gasteiger partial charge < -0.3 is 15.7 Å². The molecule has 1 aliphatic rings. The van der Waals surface area contributed by atoms with E-state index in [0.717, 1.165) is 31.4 Å². The Morgan fingerprint density at radius 2 is 1.74 bits per heavy atom. The number of amides is 1. The van der Waals surface area contributed by atoms with Gasteiger partial charge in [-0.1, -0.05) is 32.9 Å². The summed E-state index contributed by atoms with van der Waals surface area (Å²) in [6, 6.07) is 9.81. The fourth-order valence-corrected chi connectivity index (χ4v) is 3.24. The van der Waals surface area contributed by atoms with Gasteiger partial charge in [-0.15, -0.1) is 0 Å². The number of hydrogen-bond donors (Lipinski definition) is 3. The van der Waals surface area contributed by atoms with Crippen LogP contribution in [-0.2, 0) is 5.41 Å². The van der Waals surface area contributed by atoms with E-state index in [4.69, 9.17) is 0 Å². The number of aromatic nitrogens is 2. The van der Waals surface area contributed by atoms with Crippen molar-refractivity contribution in [3.8, 4) is 0 Å². The molecule has 1 aliphatic carbocycles. The summed E-state index contributed by atoms with van der Waals surface area (Å²) in [7, 11) is 0. The van der Waals surface area contributed by atoms with E-state index in [1.54, 1.807) is 6.07 Å². The van der Waals surface area contributed by atoms with Crippen LogP contribution in [-0.4, -0.2) is 33.1 Å². The van der Waals surface area contributed by atoms with Crippen molar-refractivity contribution >= 4 is 17.4 Å². The van der Waals surface area contributed by atoms with Gasteiger partial charge in [0.2, 0.25) is 0 Å². The largest absolute Gasteiger partial charge is 0.393 e. The minimum Gasteiger partial charge on any atom is -0.393 e. The minimum atomic E-state index is -0.261. The SMILES string of the molecule is CC(C)(C)c1ccc(NC(=O)c2cc(NC3CCC(O)CC3)ncn2)cc1. The molecule has 0 aliphatic heterocycles. The van der Waals surface area contributed by atoms with Gasteiger partial charge in [0.05, 0.1) is 6.10 Å². The highest BCUT2D eigenvalue weighted by Crippen LogP contribution is 2.24. The zero-order chi connectivity index (χ0) is 19.4. The Balaban J connectivity index is 1.63. The molecule has 1 fully saturated rings. The molecular formula is C21H28N4O2. The molecule has 0 spiro atoms. The van der Waals surface area contributed by atoms with Gasteiger partial charge in [-0.25, -0.2) is 9.97 Å². The molecule has 6 nitrogen and oxygen atoms in total. The van der Waals surface area contributed by atoms with E-state index in [2.05, 4.69) is 41.4 Å². The van der Waals surface area contributed by atoms with Crippen molar-refractivity contribution in [1.82, 2.24) is 9.97 Å². The maximum atomic E-state index is 12.5. The summed E-state index contributed by atoms with van der Waals surface area (Å²) in [5.41, 5.74) is 2.35. The third-order valence-electron chi connectivity index (χ3n) is 4.96. The monoisotopic (exact) mass is 368 g/mol. The van der Waals surface area contributed by atoms with Crippen LogP contribution in [0.2, 0.25) is 0 Å². The third-order valence-corrected chi connectivity index (χ3v) is 4.96. The predicted molar refractivity (Wildman–Crippen MR) is 107 cm³/mol. The molecule has 2 aromatic rings. The lowest BCUT2D eigenvalue weighted by atomic mass is 9.87. The molecule has 0 unspecified atom stereocenters. The summed E-state index contributed by atoms with van der Waals surface area (Å²) in [5.74, 6) is 0.377. The Labute approximate surface area is 160 Å². The molecule has 0 atom stereocenters. The second-order valence-electron chi connectivity index (χ2n) is 8.22. The Kier molecular flexibility index (Phi) is 5.75. The summed E-state index contributed by atoms with van der Waals surface area (Å²) in [6.07, 6.45) is 4.58. The number of carbonyl (C=O) groups excluding carboxylic acids is 1. The second-order valence-corrected chi connectivity index (χ2v) is 8.22. The molecule has 1 amide bonds. The van der Waals surface area contributed by atoms with Gasteiger partial charge in [0.1, 0.15) is 17.8 Å². The van der Waals surface area contributed by atoms with Crippen molar-refractivity contribution in [3.05, 3.63) is 47.9 Å². The van der Waals surface area contributed by atoms with Crippen molar-refractivity contribution in [3.63, 3.8) is 0 Å². The van der Waals surface area contributed by atoms with Crippen molar-refractivity contribution in [2.75, 3.05) is 10.6 Å². The molecule has 1 aromatic heterocycles. The van der Waals surface area contributed by atoms with Crippen LogP contribution in [0.1, 0.15) is 62.5 Å². The fourth-order valence-electron chi connectivity index (χ4n) is 3.24. The number of hydrogen-bond acceptors (Lipinski definition) is 5. The van der Waals surface area contributed by atoms with Gasteiger partial charge in [0.25, 0.3) is 5.91 Å². The zero-order valence-electron chi connectivity index (χ0n) is 16.2. The summed E-state index contributed by atoms with van der Waals surface area (Å²) >= 11 is 0. The molecule has 144 valence electrons.